The maximum absolute atomic E-state index is 10.8. The Hall–Kier alpha value is -7.14. The van der Waals surface area contributed by atoms with Gasteiger partial charge in [-0.1, -0.05) is 134 Å². The summed E-state index contributed by atoms with van der Waals surface area (Å²) in [7, 11) is -2.12. The number of rotatable bonds is 5. The minimum Gasteiger partial charge on any atom is -0.311 e. The SMILES string of the molecule is C[Si]1(C)c2ccccc2N(c2ccccc2)c2cc3c(cc21)c1ccccc1n3-c1ccc(-c2nc(-c3ccccc3)nc(-c3ccccc3)n2)cc1C#N. The highest BCUT2D eigenvalue weighted by molar-refractivity contribution is 7.02. The lowest BCUT2D eigenvalue weighted by Crippen LogP contribution is -2.58. The van der Waals surface area contributed by atoms with Crippen LogP contribution in [0.1, 0.15) is 5.56 Å². The average molecular weight is 723 g/mol. The van der Waals surface area contributed by atoms with Crippen molar-refractivity contribution >= 4 is 57.3 Å². The summed E-state index contributed by atoms with van der Waals surface area (Å²) < 4.78 is 2.25. The third-order valence-electron chi connectivity index (χ3n) is 10.9. The van der Waals surface area contributed by atoms with Crippen molar-refractivity contribution < 1.29 is 0 Å². The van der Waals surface area contributed by atoms with Gasteiger partial charge in [0.05, 0.1) is 22.3 Å². The lowest BCUT2D eigenvalue weighted by atomic mass is 10.1. The Morgan fingerprint density at radius 2 is 1.05 bits per heavy atom. The third-order valence-corrected chi connectivity index (χ3v) is 14.4. The van der Waals surface area contributed by atoms with E-state index in [2.05, 4.69) is 120 Å². The topological polar surface area (TPSA) is 70.6 Å². The van der Waals surface area contributed by atoms with Crippen molar-refractivity contribution in [1.29, 1.82) is 5.26 Å². The van der Waals surface area contributed by atoms with E-state index in [1.807, 2.05) is 78.9 Å². The van der Waals surface area contributed by atoms with Crippen molar-refractivity contribution in [3.8, 4) is 45.9 Å². The van der Waals surface area contributed by atoms with Crippen LogP contribution in [-0.2, 0) is 0 Å². The summed E-state index contributed by atoms with van der Waals surface area (Å²) in [6, 6.07) is 61.2. The van der Waals surface area contributed by atoms with E-state index in [4.69, 9.17) is 15.0 Å². The monoisotopic (exact) mass is 722 g/mol. The van der Waals surface area contributed by atoms with Gasteiger partial charge in [-0.25, -0.2) is 15.0 Å². The normalized spacial score (nSPS) is 13.0. The molecule has 1 aliphatic heterocycles. The number of nitriles is 1. The molecular weight excluding hydrogens is 689 g/mol. The second-order valence-electron chi connectivity index (χ2n) is 14.4. The van der Waals surface area contributed by atoms with E-state index in [1.165, 1.54) is 27.1 Å². The van der Waals surface area contributed by atoms with Gasteiger partial charge >= 0.3 is 0 Å². The highest BCUT2D eigenvalue weighted by atomic mass is 28.3. The third kappa shape index (κ3) is 5.26. The zero-order chi connectivity index (χ0) is 37.1. The second kappa shape index (κ2) is 12.8. The van der Waals surface area contributed by atoms with Crippen molar-refractivity contribution in [3.63, 3.8) is 0 Å². The fourth-order valence-corrected chi connectivity index (χ4v) is 11.1. The fraction of sp³-hybridized carbons (Fsp3) is 0.0417. The van der Waals surface area contributed by atoms with Gasteiger partial charge in [0.15, 0.2) is 17.5 Å². The molecule has 6 nitrogen and oxygen atoms in total. The zero-order valence-corrected chi connectivity index (χ0v) is 31.3. The summed E-state index contributed by atoms with van der Waals surface area (Å²) >= 11 is 0. The van der Waals surface area contributed by atoms with Crippen LogP contribution >= 0.6 is 0 Å². The predicted octanol–water partition coefficient (Wildman–Crippen LogP) is 10.4. The van der Waals surface area contributed by atoms with Gasteiger partial charge in [0.2, 0.25) is 0 Å². The number of fused-ring (bicyclic) bond motifs is 5. The highest BCUT2D eigenvalue weighted by Crippen LogP contribution is 2.42. The molecule has 10 rings (SSSR count). The van der Waals surface area contributed by atoms with Crippen LogP contribution in [0.2, 0.25) is 13.1 Å². The van der Waals surface area contributed by atoms with Gasteiger partial charge in [-0.2, -0.15) is 5.26 Å². The van der Waals surface area contributed by atoms with Crippen LogP contribution in [0.3, 0.4) is 0 Å². The first-order valence-corrected chi connectivity index (χ1v) is 21.4. The van der Waals surface area contributed by atoms with E-state index in [0.29, 0.717) is 23.0 Å². The van der Waals surface area contributed by atoms with Crippen molar-refractivity contribution in [2.75, 3.05) is 4.90 Å². The summed E-state index contributed by atoms with van der Waals surface area (Å²) in [5.41, 5.74) is 9.49. The number of hydrogen-bond acceptors (Lipinski definition) is 5. The molecule has 3 heterocycles. The van der Waals surface area contributed by atoms with Crippen LogP contribution in [-0.4, -0.2) is 27.6 Å². The summed E-state index contributed by atoms with van der Waals surface area (Å²) in [6.07, 6.45) is 0. The first-order chi connectivity index (χ1) is 27.0. The number of benzene rings is 7. The standard InChI is InChI=1S/C48H34N6Si/c1-55(2)44-25-15-14-24-41(44)53(36-20-10-5-11-21-36)43-30-42-38(29-45(43)55)37-22-12-13-23-40(37)54(42)39-27-26-34(28-35(39)31-49)48-51-46(32-16-6-3-7-17-32)50-47(52-48)33-18-8-4-9-19-33/h3-30H,1-2H3. The van der Waals surface area contributed by atoms with Crippen molar-refractivity contribution in [3.05, 3.63) is 175 Å². The number of aromatic nitrogens is 4. The van der Waals surface area contributed by atoms with Gasteiger partial charge in [-0.05, 0) is 58.9 Å². The summed E-state index contributed by atoms with van der Waals surface area (Å²) in [4.78, 5) is 17.2. The van der Waals surface area contributed by atoms with Crippen LogP contribution < -0.4 is 15.3 Å². The Kier molecular flexibility index (Phi) is 7.54. The molecule has 0 radical (unpaired) electrons. The molecule has 0 amide bonds. The van der Waals surface area contributed by atoms with Gasteiger partial charge in [0.1, 0.15) is 14.1 Å². The second-order valence-corrected chi connectivity index (χ2v) is 18.8. The molecule has 0 saturated heterocycles. The molecule has 0 atom stereocenters. The number of nitrogens with zero attached hydrogens (tertiary/aromatic N) is 6. The van der Waals surface area contributed by atoms with Gasteiger partial charge in [-0.15, -0.1) is 0 Å². The van der Waals surface area contributed by atoms with E-state index in [0.717, 1.165) is 44.5 Å². The molecule has 0 saturated carbocycles. The number of hydrogen-bond donors (Lipinski definition) is 0. The molecule has 7 aromatic carbocycles. The molecule has 2 aromatic heterocycles. The molecule has 55 heavy (non-hydrogen) atoms. The van der Waals surface area contributed by atoms with Crippen molar-refractivity contribution in [1.82, 2.24) is 19.5 Å². The Morgan fingerprint density at radius 1 is 0.473 bits per heavy atom. The quantitative estimate of drug-likeness (QED) is 0.165. The Labute approximate surface area is 320 Å². The van der Waals surface area contributed by atoms with Gasteiger partial charge in [0.25, 0.3) is 0 Å². The van der Waals surface area contributed by atoms with Crippen molar-refractivity contribution in [2.45, 2.75) is 13.1 Å². The van der Waals surface area contributed by atoms with Crippen LogP contribution in [0.4, 0.5) is 17.1 Å². The lowest BCUT2D eigenvalue weighted by Gasteiger charge is -2.41. The molecular formula is C48H34N6Si. The van der Waals surface area contributed by atoms with Gasteiger partial charge < -0.3 is 9.47 Å². The molecule has 0 aliphatic carbocycles. The molecule has 0 spiro atoms. The molecule has 1 aliphatic rings. The molecule has 9 aromatic rings. The maximum Gasteiger partial charge on any atom is 0.164 e. The van der Waals surface area contributed by atoms with Crippen LogP contribution in [0.5, 0.6) is 0 Å². The minimum atomic E-state index is -2.12. The van der Waals surface area contributed by atoms with E-state index in [9.17, 15) is 5.26 Å². The molecule has 260 valence electrons. The minimum absolute atomic E-state index is 0.511. The summed E-state index contributed by atoms with van der Waals surface area (Å²) in [6.45, 7) is 4.91. The number of anilines is 3. The maximum atomic E-state index is 10.8. The van der Waals surface area contributed by atoms with Gasteiger partial charge in [0, 0.05) is 44.5 Å². The molecule has 0 fully saturated rings. The zero-order valence-electron chi connectivity index (χ0n) is 30.3. The summed E-state index contributed by atoms with van der Waals surface area (Å²) in [5.74, 6) is 1.67. The predicted molar refractivity (Wildman–Crippen MR) is 227 cm³/mol. The van der Waals surface area contributed by atoms with Gasteiger partial charge in [-0.3, -0.25) is 0 Å². The average Bonchev–Trinajstić information content (AvgIpc) is 3.57. The Balaban J connectivity index is 1.19. The van der Waals surface area contributed by atoms with Crippen LogP contribution in [0.15, 0.2) is 170 Å². The van der Waals surface area contributed by atoms with Crippen LogP contribution in [0, 0.1) is 11.3 Å². The molecule has 0 bridgehead atoms. The van der Waals surface area contributed by atoms with E-state index in [-0.39, 0.29) is 0 Å². The Morgan fingerprint density at radius 3 is 1.73 bits per heavy atom. The van der Waals surface area contributed by atoms with E-state index < -0.39 is 8.07 Å². The number of para-hydroxylation sites is 3. The highest BCUT2D eigenvalue weighted by Gasteiger charge is 2.39. The largest absolute Gasteiger partial charge is 0.311 e. The van der Waals surface area contributed by atoms with Crippen LogP contribution in [0.25, 0.3) is 61.7 Å². The molecule has 0 N–H and O–H groups in total. The smallest absolute Gasteiger partial charge is 0.164 e. The molecule has 7 heteroatoms. The Bertz CT molecular complexity index is 2910. The van der Waals surface area contributed by atoms with Crippen molar-refractivity contribution in [2.24, 2.45) is 0 Å². The first kappa shape index (κ1) is 32.5. The van der Waals surface area contributed by atoms with E-state index in [1.54, 1.807) is 0 Å². The fourth-order valence-electron chi connectivity index (χ4n) is 8.17. The lowest BCUT2D eigenvalue weighted by molar-refractivity contribution is 1.07. The van der Waals surface area contributed by atoms with E-state index >= 15 is 0 Å². The molecule has 0 unspecified atom stereocenters. The summed E-state index contributed by atoms with van der Waals surface area (Å²) in [5, 5.41) is 16.0. The first-order valence-electron chi connectivity index (χ1n) is 18.4.